The average molecular weight is 307 g/mol. The fraction of sp³-hybridized carbons (Fsp3) is 0.429. The van der Waals surface area contributed by atoms with E-state index in [0.29, 0.717) is 16.5 Å². The Morgan fingerprint density at radius 3 is 2.62 bits per heavy atom. The van der Waals surface area contributed by atoms with E-state index in [1.807, 2.05) is 13.8 Å². The molecule has 21 heavy (non-hydrogen) atoms. The summed E-state index contributed by atoms with van der Waals surface area (Å²) in [6, 6.07) is 0. The van der Waals surface area contributed by atoms with E-state index in [1.165, 1.54) is 0 Å². The molecule has 0 radical (unpaired) electrons. The average Bonchev–Trinajstić information content (AvgIpc) is 2.41. The van der Waals surface area contributed by atoms with Crippen LogP contribution in [0.15, 0.2) is 5.03 Å². The number of carbonyl (C=O) groups is 2. The van der Waals surface area contributed by atoms with Crippen molar-refractivity contribution in [2.24, 2.45) is 0 Å². The monoisotopic (exact) mass is 307 g/mol. The van der Waals surface area contributed by atoms with Crippen molar-refractivity contribution >= 4 is 23.6 Å². The van der Waals surface area contributed by atoms with Crippen molar-refractivity contribution < 1.29 is 14.7 Å². The van der Waals surface area contributed by atoms with Crippen molar-refractivity contribution in [2.45, 2.75) is 31.7 Å². The normalized spacial score (nSPS) is 10.2. The highest BCUT2D eigenvalue weighted by Gasteiger charge is 2.20. The van der Waals surface area contributed by atoms with Crippen LogP contribution in [0.4, 0.5) is 0 Å². The highest BCUT2D eigenvalue weighted by molar-refractivity contribution is 8.00. The molecular formula is C14H17N3O3S. The highest BCUT2D eigenvalue weighted by atomic mass is 32.2. The predicted molar refractivity (Wildman–Crippen MR) is 80.4 cm³/mol. The van der Waals surface area contributed by atoms with E-state index in [1.54, 1.807) is 6.92 Å². The molecule has 0 saturated heterocycles. The number of carboxylic acid groups (broad SMARTS) is 1. The van der Waals surface area contributed by atoms with Gasteiger partial charge in [0.1, 0.15) is 16.4 Å². The minimum Gasteiger partial charge on any atom is -0.478 e. The minimum absolute atomic E-state index is 0.0362. The zero-order valence-corrected chi connectivity index (χ0v) is 13.0. The smallest absolute Gasteiger partial charge is 0.340 e. The van der Waals surface area contributed by atoms with Gasteiger partial charge >= 0.3 is 5.97 Å². The number of carboxylic acids is 1. The van der Waals surface area contributed by atoms with Gasteiger partial charge in [-0.05, 0) is 6.92 Å². The summed E-state index contributed by atoms with van der Waals surface area (Å²) in [6.07, 6.45) is 5.05. The van der Waals surface area contributed by atoms with Crippen LogP contribution in [0.2, 0.25) is 0 Å². The summed E-state index contributed by atoms with van der Waals surface area (Å²) >= 11 is 1.07. The van der Waals surface area contributed by atoms with Gasteiger partial charge in [0, 0.05) is 5.92 Å². The summed E-state index contributed by atoms with van der Waals surface area (Å²) in [5.41, 5.74) is 0.432. The molecule has 2 N–H and O–H groups in total. The topological polar surface area (TPSA) is 92.2 Å². The van der Waals surface area contributed by atoms with Crippen molar-refractivity contribution in [1.29, 1.82) is 0 Å². The Morgan fingerprint density at radius 2 is 2.10 bits per heavy atom. The number of thioether (sulfide) groups is 1. The summed E-state index contributed by atoms with van der Waals surface area (Å²) in [5, 5.41) is 12.1. The Morgan fingerprint density at radius 1 is 1.43 bits per heavy atom. The van der Waals surface area contributed by atoms with E-state index in [4.69, 9.17) is 6.42 Å². The Bertz CT molecular complexity index is 594. The molecule has 0 fully saturated rings. The largest absolute Gasteiger partial charge is 0.478 e. The van der Waals surface area contributed by atoms with Gasteiger partial charge in [0.15, 0.2) is 0 Å². The molecule has 1 rings (SSSR count). The standard InChI is InChI=1S/C14H17N3O3S/c1-5-6-15-10(18)7-21-13-11(14(19)20)9(4)16-12(17-13)8(2)3/h1,8H,6-7H2,2-4H3,(H,15,18)(H,19,20). The third kappa shape index (κ3) is 4.76. The van der Waals surface area contributed by atoms with Gasteiger partial charge in [0.25, 0.3) is 0 Å². The number of nitrogens with one attached hydrogen (secondary N) is 1. The zero-order chi connectivity index (χ0) is 16.0. The molecule has 6 nitrogen and oxygen atoms in total. The van der Waals surface area contributed by atoms with Crippen LogP contribution in [0.1, 0.15) is 41.6 Å². The highest BCUT2D eigenvalue weighted by Crippen LogP contribution is 2.24. The molecule has 0 spiro atoms. The molecule has 1 aromatic rings. The molecule has 0 bridgehead atoms. The minimum atomic E-state index is -1.10. The van der Waals surface area contributed by atoms with Crippen LogP contribution in [-0.2, 0) is 4.79 Å². The van der Waals surface area contributed by atoms with Crippen molar-refractivity contribution in [3.63, 3.8) is 0 Å². The van der Waals surface area contributed by atoms with Crippen LogP contribution in [0.25, 0.3) is 0 Å². The predicted octanol–water partition coefficient (Wildman–Crippen LogP) is 1.45. The lowest BCUT2D eigenvalue weighted by Crippen LogP contribution is -2.25. The summed E-state index contributed by atoms with van der Waals surface area (Å²) in [4.78, 5) is 31.3. The van der Waals surface area contributed by atoms with E-state index in [9.17, 15) is 14.7 Å². The number of hydrogen-bond acceptors (Lipinski definition) is 5. The second-order valence-electron chi connectivity index (χ2n) is 4.58. The van der Waals surface area contributed by atoms with Gasteiger partial charge < -0.3 is 10.4 Å². The van der Waals surface area contributed by atoms with Crippen LogP contribution in [0.3, 0.4) is 0 Å². The molecule has 112 valence electrons. The van der Waals surface area contributed by atoms with Gasteiger partial charge in [-0.25, -0.2) is 14.8 Å². The lowest BCUT2D eigenvalue weighted by molar-refractivity contribution is -0.118. The van der Waals surface area contributed by atoms with E-state index in [2.05, 4.69) is 21.2 Å². The van der Waals surface area contributed by atoms with Crippen molar-refractivity contribution in [3.05, 3.63) is 17.1 Å². The van der Waals surface area contributed by atoms with Crippen LogP contribution in [0, 0.1) is 19.3 Å². The Kier molecular flexibility index (Phi) is 6.18. The van der Waals surface area contributed by atoms with E-state index < -0.39 is 5.97 Å². The molecule has 0 saturated carbocycles. The fourth-order valence-corrected chi connectivity index (χ4v) is 2.42. The fourth-order valence-electron chi connectivity index (χ4n) is 1.51. The quantitative estimate of drug-likeness (QED) is 0.469. The molecule has 0 aliphatic rings. The first-order valence-corrected chi connectivity index (χ1v) is 7.30. The van der Waals surface area contributed by atoms with Gasteiger partial charge in [0.05, 0.1) is 18.0 Å². The number of aryl methyl sites for hydroxylation is 1. The molecule has 0 unspecified atom stereocenters. The van der Waals surface area contributed by atoms with Gasteiger partial charge in [-0.2, -0.15) is 0 Å². The molecule has 0 aliphatic carbocycles. The number of aromatic nitrogens is 2. The van der Waals surface area contributed by atoms with E-state index >= 15 is 0 Å². The maximum absolute atomic E-state index is 11.5. The first-order valence-electron chi connectivity index (χ1n) is 6.31. The molecule has 0 atom stereocenters. The number of terminal acetylenes is 1. The van der Waals surface area contributed by atoms with Crippen molar-refractivity contribution in [3.8, 4) is 12.3 Å². The van der Waals surface area contributed by atoms with Gasteiger partial charge in [-0.3, -0.25) is 4.79 Å². The summed E-state index contributed by atoms with van der Waals surface area (Å²) in [5.74, 6) is 1.61. The van der Waals surface area contributed by atoms with Gasteiger partial charge in [-0.1, -0.05) is 31.5 Å². The Labute approximate surface area is 127 Å². The van der Waals surface area contributed by atoms with Crippen molar-refractivity contribution in [1.82, 2.24) is 15.3 Å². The van der Waals surface area contributed by atoms with Gasteiger partial charge in [-0.15, -0.1) is 6.42 Å². The summed E-state index contributed by atoms with van der Waals surface area (Å²) in [6.45, 7) is 5.61. The molecule has 1 aromatic heterocycles. The van der Waals surface area contributed by atoms with Crippen LogP contribution in [0.5, 0.6) is 0 Å². The van der Waals surface area contributed by atoms with Gasteiger partial charge in [0.2, 0.25) is 5.91 Å². The molecule has 0 aromatic carbocycles. The number of hydrogen-bond donors (Lipinski definition) is 2. The van der Waals surface area contributed by atoms with Crippen LogP contribution in [-0.4, -0.2) is 39.2 Å². The molecule has 7 heteroatoms. The molecular weight excluding hydrogens is 290 g/mol. The summed E-state index contributed by atoms with van der Waals surface area (Å²) in [7, 11) is 0. The SMILES string of the molecule is C#CCNC(=O)CSc1nc(C(C)C)nc(C)c1C(=O)O. The second-order valence-corrected chi connectivity index (χ2v) is 5.54. The lowest BCUT2D eigenvalue weighted by atomic mass is 10.2. The second kappa shape index (κ2) is 7.64. The maximum Gasteiger partial charge on any atom is 0.340 e. The maximum atomic E-state index is 11.5. The zero-order valence-electron chi connectivity index (χ0n) is 12.1. The number of carbonyl (C=O) groups excluding carboxylic acids is 1. The summed E-state index contributed by atoms with van der Waals surface area (Å²) < 4.78 is 0. The number of aromatic carboxylic acids is 1. The Hall–Kier alpha value is -2.07. The van der Waals surface area contributed by atoms with Crippen LogP contribution >= 0.6 is 11.8 Å². The lowest BCUT2D eigenvalue weighted by Gasteiger charge is -2.11. The molecule has 0 aliphatic heterocycles. The number of rotatable bonds is 6. The number of amides is 1. The van der Waals surface area contributed by atoms with Crippen molar-refractivity contribution in [2.75, 3.05) is 12.3 Å². The first-order chi connectivity index (χ1) is 9.86. The first kappa shape index (κ1) is 17.0. The van der Waals surface area contributed by atoms with Crippen LogP contribution < -0.4 is 5.32 Å². The van der Waals surface area contributed by atoms with E-state index in [0.717, 1.165) is 11.8 Å². The molecule has 1 heterocycles. The Balaban J connectivity index is 3.00. The van der Waals surface area contributed by atoms with E-state index in [-0.39, 0.29) is 29.7 Å². The number of nitrogens with zero attached hydrogens (tertiary/aromatic N) is 2. The third-order valence-electron chi connectivity index (χ3n) is 2.53. The molecule has 1 amide bonds. The third-order valence-corrected chi connectivity index (χ3v) is 3.51.